The Morgan fingerprint density at radius 2 is 1.67 bits per heavy atom. The molecule has 0 heterocycles. The fraction of sp³-hybridized carbons (Fsp3) is 0.571. The number of rotatable bonds is 8. The molecule has 1 atom stereocenters. The first kappa shape index (κ1) is 20.9. The summed E-state index contributed by atoms with van der Waals surface area (Å²) >= 11 is 0. The average Bonchev–Trinajstić information content (AvgIpc) is 2.66. The van der Waals surface area contributed by atoms with Crippen LogP contribution in [0.5, 0.6) is 0 Å². The maximum absolute atomic E-state index is 12.6. The van der Waals surface area contributed by atoms with Crippen LogP contribution in [0.3, 0.4) is 0 Å². The summed E-state index contributed by atoms with van der Waals surface area (Å²) in [7, 11) is 3.36. The molecule has 0 radical (unpaired) electrons. The number of aliphatic carboxylic acids is 1. The van der Waals surface area contributed by atoms with E-state index in [1.807, 2.05) is 0 Å². The molecule has 0 spiro atoms. The second kappa shape index (κ2) is 10.1. The Kier molecular flexibility index (Phi) is 7.82. The highest BCUT2D eigenvalue weighted by Crippen LogP contribution is 2.28. The van der Waals surface area contributed by atoms with Crippen molar-refractivity contribution in [2.45, 2.75) is 57.4 Å². The molecule has 1 aliphatic carbocycles. The molecule has 0 aromatic heterocycles. The largest absolute Gasteiger partial charge is 0.481 e. The summed E-state index contributed by atoms with van der Waals surface area (Å²) in [6.45, 7) is 0. The van der Waals surface area contributed by atoms with Crippen LogP contribution in [0, 0.1) is 5.92 Å². The Labute approximate surface area is 160 Å². The minimum atomic E-state index is -0.843. The second-order valence-corrected chi connectivity index (χ2v) is 7.62. The van der Waals surface area contributed by atoms with Crippen LogP contribution in [0.2, 0.25) is 0 Å². The van der Waals surface area contributed by atoms with Crippen molar-refractivity contribution in [2.24, 2.45) is 5.92 Å². The first-order valence-electron chi connectivity index (χ1n) is 9.71. The molecule has 27 heavy (non-hydrogen) atoms. The molecular weight excluding hydrogens is 344 g/mol. The SMILES string of the molecule is CN(C)C(=O)c1ccc(C(=O)NC(CCC(=O)O)CC2CCCCC2)cc1. The number of amides is 2. The number of nitrogens with zero attached hydrogens (tertiary/aromatic N) is 1. The van der Waals surface area contributed by atoms with Crippen LogP contribution < -0.4 is 5.32 Å². The average molecular weight is 374 g/mol. The Balaban J connectivity index is 2.00. The zero-order chi connectivity index (χ0) is 19.8. The van der Waals surface area contributed by atoms with Gasteiger partial charge in [0.15, 0.2) is 0 Å². The van der Waals surface area contributed by atoms with Crippen molar-refractivity contribution < 1.29 is 19.5 Å². The number of hydrogen-bond donors (Lipinski definition) is 2. The number of carbonyl (C=O) groups excluding carboxylic acids is 2. The minimum Gasteiger partial charge on any atom is -0.481 e. The lowest BCUT2D eigenvalue weighted by atomic mass is 9.84. The summed E-state index contributed by atoms with van der Waals surface area (Å²) in [4.78, 5) is 37.0. The van der Waals surface area contributed by atoms with Gasteiger partial charge in [0.05, 0.1) is 0 Å². The van der Waals surface area contributed by atoms with Crippen LogP contribution in [0.25, 0.3) is 0 Å². The van der Waals surface area contributed by atoms with Crippen LogP contribution in [0.1, 0.15) is 72.1 Å². The first-order chi connectivity index (χ1) is 12.9. The van der Waals surface area contributed by atoms with Crippen molar-refractivity contribution in [3.63, 3.8) is 0 Å². The molecule has 6 heteroatoms. The van der Waals surface area contributed by atoms with Gasteiger partial charge in [0.1, 0.15) is 0 Å². The van der Waals surface area contributed by atoms with E-state index in [0.29, 0.717) is 23.5 Å². The van der Waals surface area contributed by atoms with Crippen LogP contribution in [0.15, 0.2) is 24.3 Å². The van der Waals surface area contributed by atoms with Crippen molar-refractivity contribution in [1.29, 1.82) is 0 Å². The summed E-state index contributed by atoms with van der Waals surface area (Å²) in [5.74, 6) is -0.619. The van der Waals surface area contributed by atoms with Gasteiger partial charge >= 0.3 is 5.97 Å². The summed E-state index contributed by atoms with van der Waals surface area (Å²) in [6, 6.07) is 6.43. The van der Waals surface area contributed by atoms with Gasteiger partial charge in [-0.1, -0.05) is 32.1 Å². The third-order valence-electron chi connectivity index (χ3n) is 5.18. The van der Waals surface area contributed by atoms with Crippen molar-refractivity contribution in [3.05, 3.63) is 35.4 Å². The van der Waals surface area contributed by atoms with E-state index in [1.165, 1.54) is 24.2 Å². The van der Waals surface area contributed by atoms with E-state index in [0.717, 1.165) is 19.3 Å². The number of hydrogen-bond acceptors (Lipinski definition) is 3. The van der Waals surface area contributed by atoms with Crippen molar-refractivity contribution in [2.75, 3.05) is 14.1 Å². The summed E-state index contributed by atoms with van der Waals surface area (Å²) in [6.07, 6.45) is 7.32. The second-order valence-electron chi connectivity index (χ2n) is 7.62. The van der Waals surface area contributed by atoms with Gasteiger partial charge in [-0.25, -0.2) is 0 Å². The highest BCUT2D eigenvalue weighted by Gasteiger charge is 2.22. The normalized spacial score (nSPS) is 15.8. The van der Waals surface area contributed by atoms with E-state index in [2.05, 4.69) is 5.32 Å². The van der Waals surface area contributed by atoms with E-state index in [1.54, 1.807) is 38.4 Å². The highest BCUT2D eigenvalue weighted by molar-refractivity contribution is 5.97. The van der Waals surface area contributed by atoms with Gasteiger partial charge in [0, 0.05) is 37.7 Å². The molecule has 1 aromatic rings. The molecule has 2 N–H and O–H groups in total. The fourth-order valence-electron chi connectivity index (χ4n) is 3.66. The third-order valence-corrected chi connectivity index (χ3v) is 5.18. The molecule has 1 saturated carbocycles. The number of carboxylic acid groups (broad SMARTS) is 1. The van der Waals surface area contributed by atoms with Crippen molar-refractivity contribution >= 4 is 17.8 Å². The zero-order valence-corrected chi connectivity index (χ0v) is 16.2. The van der Waals surface area contributed by atoms with Gasteiger partial charge in [-0.2, -0.15) is 0 Å². The predicted molar refractivity (Wildman–Crippen MR) is 104 cm³/mol. The van der Waals surface area contributed by atoms with Gasteiger partial charge in [0.2, 0.25) is 0 Å². The molecule has 0 bridgehead atoms. The maximum atomic E-state index is 12.6. The molecule has 2 amide bonds. The molecule has 148 valence electrons. The van der Waals surface area contributed by atoms with Crippen LogP contribution in [0.4, 0.5) is 0 Å². The number of carbonyl (C=O) groups is 3. The summed E-state index contributed by atoms with van der Waals surface area (Å²) < 4.78 is 0. The molecule has 1 aliphatic rings. The van der Waals surface area contributed by atoms with Crippen molar-refractivity contribution in [3.8, 4) is 0 Å². The molecule has 1 aromatic carbocycles. The third kappa shape index (κ3) is 6.70. The molecule has 1 unspecified atom stereocenters. The Morgan fingerprint density at radius 3 is 2.22 bits per heavy atom. The van der Waals surface area contributed by atoms with Gasteiger partial charge in [-0.3, -0.25) is 14.4 Å². The predicted octanol–water partition coefficient (Wildman–Crippen LogP) is 3.32. The first-order valence-corrected chi connectivity index (χ1v) is 9.71. The number of nitrogens with one attached hydrogen (secondary N) is 1. The van der Waals surface area contributed by atoms with Gasteiger partial charge in [-0.05, 0) is 43.0 Å². The van der Waals surface area contributed by atoms with E-state index in [4.69, 9.17) is 5.11 Å². The molecule has 2 rings (SSSR count). The Hall–Kier alpha value is -2.37. The van der Waals surface area contributed by atoms with Gasteiger partial charge < -0.3 is 15.3 Å². The fourth-order valence-corrected chi connectivity index (χ4v) is 3.66. The monoisotopic (exact) mass is 374 g/mol. The maximum Gasteiger partial charge on any atom is 0.303 e. The summed E-state index contributed by atoms with van der Waals surface area (Å²) in [5.41, 5.74) is 1.01. The van der Waals surface area contributed by atoms with E-state index >= 15 is 0 Å². The Morgan fingerprint density at radius 1 is 1.07 bits per heavy atom. The van der Waals surface area contributed by atoms with E-state index in [-0.39, 0.29) is 24.3 Å². The molecule has 0 saturated heterocycles. The van der Waals surface area contributed by atoms with Crippen molar-refractivity contribution in [1.82, 2.24) is 10.2 Å². The van der Waals surface area contributed by atoms with Crippen LogP contribution in [-0.2, 0) is 4.79 Å². The minimum absolute atomic E-state index is 0.0495. The zero-order valence-electron chi connectivity index (χ0n) is 16.2. The quantitative estimate of drug-likeness (QED) is 0.731. The van der Waals surface area contributed by atoms with Crippen LogP contribution in [-0.4, -0.2) is 47.9 Å². The molecule has 1 fully saturated rings. The van der Waals surface area contributed by atoms with Gasteiger partial charge in [0.25, 0.3) is 11.8 Å². The van der Waals surface area contributed by atoms with Gasteiger partial charge in [-0.15, -0.1) is 0 Å². The lowest BCUT2D eigenvalue weighted by Gasteiger charge is -2.27. The smallest absolute Gasteiger partial charge is 0.303 e. The standard InChI is InChI=1S/C21H30N2O4/c1-23(2)21(27)17-10-8-16(9-11-17)20(26)22-18(12-13-19(24)25)14-15-6-4-3-5-7-15/h8-11,15,18H,3-7,12-14H2,1-2H3,(H,22,26)(H,24,25). The topological polar surface area (TPSA) is 86.7 Å². The van der Waals surface area contributed by atoms with E-state index in [9.17, 15) is 14.4 Å². The Bertz CT molecular complexity index is 649. The number of benzene rings is 1. The molecule has 6 nitrogen and oxygen atoms in total. The number of carboxylic acids is 1. The molecule has 0 aliphatic heterocycles. The molecular formula is C21H30N2O4. The highest BCUT2D eigenvalue weighted by atomic mass is 16.4. The summed E-state index contributed by atoms with van der Waals surface area (Å²) in [5, 5.41) is 12.0. The van der Waals surface area contributed by atoms with Crippen LogP contribution >= 0.6 is 0 Å². The lowest BCUT2D eigenvalue weighted by Crippen LogP contribution is -2.37. The lowest BCUT2D eigenvalue weighted by molar-refractivity contribution is -0.137. The van der Waals surface area contributed by atoms with E-state index < -0.39 is 5.97 Å².